The maximum absolute atomic E-state index is 12.3. The van der Waals surface area contributed by atoms with Crippen molar-refractivity contribution in [3.05, 3.63) is 0 Å². The van der Waals surface area contributed by atoms with E-state index in [-0.39, 0.29) is 23.8 Å². The fourth-order valence-electron chi connectivity index (χ4n) is 4.10. The highest BCUT2D eigenvalue weighted by atomic mass is 16.5. The van der Waals surface area contributed by atoms with E-state index in [1.807, 2.05) is 6.92 Å². The van der Waals surface area contributed by atoms with Crippen LogP contribution in [0.3, 0.4) is 0 Å². The third kappa shape index (κ3) is 9.73. The van der Waals surface area contributed by atoms with Crippen molar-refractivity contribution in [3.63, 3.8) is 0 Å². The number of carbonyl (C=O) groups is 2. The molecule has 2 saturated heterocycles. The third-order valence-electron chi connectivity index (χ3n) is 5.67. The van der Waals surface area contributed by atoms with Crippen LogP contribution >= 0.6 is 0 Å². The van der Waals surface area contributed by atoms with Crippen LogP contribution in [0.2, 0.25) is 0 Å². The Morgan fingerprint density at radius 1 is 1.13 bits per heavy atom. The van der Waals surface area contributed by atoms with E-state index < -0.39 is 0 Å². The van der Waals surface area contributed by atoms with E-state index in [1.54, 1.807) is 0 Å². The van der Waals surface area contributed by atoms with Crippen molar-refractivity contribution < 1.29 is 19.1 Å². The number of morpholine rings is 1. The Labute approximate surface area is 182 Å². The maximum Gasteiger partial charge on any atom is 0.234 e. The van der Waals surface area contributed by atoms with Crippen LogP contribution in [0.4, 0.5) is 0 Å². The highest BCUT2D eigenvalue weighted by Gasteiger charge is 2.26. The lowest BCUT2D eigenvalue weighted by Crippen LogP contribution is -2.50. The molecule has 1 unspecified atom stereocenters. The number of likely N-dealkylation sites (tertiary alicyclic amines) is 1. The van der Waals surface area contributed by atoms with Gasteiger partial charge in [0.15, 0.2) is 0 Å². The van der Waals surface area contributed by atoms with Gasteiger partial charge in [-0.05, 0) is 45.2 Å². The number of ether oxygens (including phenoxy) is 2. The molecule has 2 heterocycles. The van der Waals surface area contributed by atoms with Gasteiger partial charge in [0.25, 0.3) is 0 Å². The molecule has 1 atom stereocenters. The largest absolute Gasteiger partial charge is 0.382 e. The molecule has 0 aromatic heterocycles. The second-order valence-corrected chi connectivity index (χ2v) is 8.84. The zero-order valence-electron chi connectivity index (χ0n) is 19.2. The molecule has 0 spiro atoms. The van der Waals surface area contributed by atoms with Crippen LogP contribution < -0.4 is 10.6 Å². The number of piperidine rings is 1. The van der Waals surface area contributed by atoms with Crippen LogP contribution in [0.5, 0.6) is 0 Å². The average molecular weight is 427 g/mol. The summed E-state index contributed by atoms with van der Waals surface area (Å²) < 4.78 is 11.1. The van der Waals surface area contributed by atoms with Gasteiger partial charge in [-0.25, -0.2) is 0 Å². The lowest BCUT2D eigenvalue weighted by molar-refractivity contribution is -0.127. The fourth-order valence-corrected chi connectivity index (χ4v) is 4.10. The van der Waals surface area contributed by atoms with Crippen molar-refractivity contribution in [2.75, 3.05) is 72.2 Å². The van der Waals surface area contributed by atoms with Crippen molar-refractivity contribution in [1.29, 1.82) is 0 Å². The second-order valence-electron chi connectivity index (χ2n) is 8.84. The van der Waals surface area contributed by atoms with Crippen molar-refractivity contribution in [2.45, 2.75) is 46.1 Å². The summed E-state index contributed by atoms with van der Waals surface area (Å²) in [6.07, 6.45) is 2.53. The van der Waals surface area contributed by atoms with Gasteiger partial charge in [-0.15, -0.1) is 0 Å². The number of carbonyl (C=O) groups excluding carboxylic acids is 2. The van der Waals surface area contributed by atoms with Crippen LogP contribution in [0, 0.1) is 11.8 Å². The molecule has 8 nitrogen and oxygen atoms in total. The van der Waals surface area contributed by atoms with E-state index in [2.05, 4.69) is 34.3 Å². The lowest BCUT2D eigenvalue weighted by atomic mass is 9.96. The molecule has 0 aromatic rings. The number of hydrogen-bond donors (Lipinski definition) is 2. The fraction of sp³-hybridized carbons (Fsp3) is 0.909. The Kier molecular flexibility index (Phi) is 11.7. The summed E-state index contributed by atoms with van der Waals surface area (Å²) in [7, 11) is 0. The van der Waals surface area contributed by atoms with Gasteiger partial charge in [0.2, 0.25) is 11.8 Å². The lowest BCUT2D eigenvalue weighted by Gasteiger charge is -2.34. The van der Waals surface area contributed by atoms with Gasteiger partial charge in [0.1, 0.15) is 0 Å². The van der Waals surface area contributed by atoms with Crippen LogP contribution in [0.15, 0.2) is 0 Å². The molecule has 174 valence electrons. The molecular weight excluding hydrogens is 384 g/mol. The summed E-state index contributed by atoms with van der Waals surface area (Å²) in [4.78, 5) is 29.2. The molecule has 2 aliphatic heterocycles. The summed E-state index contributed by atoms with van der Waals surface area (Å²) in [6.45, 7) is 14.7. The second kappa shape index (κ2) is 14.0. The monoisotopic (exact) mass is 426 g/mol. The molecule has 2 amide bonds. The number of nitrogens with zero attached hydrogens (tertiary/aromatic N) is 2. The van der Waals surface area contributed by atoms with Crippen LogP contribution in [0.25, 0.3) is 0 Å². The maximum atomic E-state index is 12.3. The SMILES string of the molecule is CCOCCCNC(=O)C1CCN(CC(=O)NCC2CN(CC(C)C)CCO2)CC1. The summed E-state index contributed by atoms with van der Waals surface area (Å²) in [5.41, 5.74) is 0. The normalized spacial score (nSPS) is 21.7. The van der Waals surface area contributed by atoms with Gasteiger partial charge in [-0.2, -0.15) is 0 Å². The van der Waals surface area contributed by atoms with Crippen LogP contribution in [-0.4, -0.2) is 99.9 Å². The van der Waals surface area contributed by atoms with Gasteiger partial charge in [0.05, 0.1) is 19.3 Å². The smallest absolute Gasteiger partial charge is 0.234 e. The minimum atomic E-state index is 0.0402. The van der Waals surface area contributed by atoms with E-state index in [0.717, 1.165) is 58.6 Å². The Balaban J connectivity index is 1.57. The molecule has 0 saturated carbocycles. The summed E-state index contributed by atoms with van der Waals surface area (Å²) in [6, 6.07) is 0. The molecule has 8 heteroatoms. The topological polar surface area (TPSA) is 83.1 Å². The predicted molar refractivity (Wildman–Crippen MR) is 117 cm³/mol. The first-order valence-electron chi connectivity index (χ1n) is 11.7. The van der Waals surface area contributed by atoms with Crippen molar-refractivity contribution in [2.24, 2.45) is 11.8 Å². The van der Waals surface area contributed by atoms with Gasteiger partial charge < -0.3 is 20.1 Å². The van der Waals surface area contributed by atoms with E-state index in [9.17, 15) is 9.59 Å². The standard InChI is InChI=1S/C22H42N4O4/c1-4-29-12-5-8-23-22(28)19-6-9-25(10-7-19)17-21(27)24-14-20-16-26(11-13-30-20)15-18(2)3/h18-20H,4-17H2,1-3H3,(H,23,28)(H,24,27). The Hall–Kier alpha value is -1.22. The molecule has 0 aromatic carbocycles. The van der Waals surface area contributed by atoms with Gasteiger partial charge in [0, 0.05) is 51.9 Å². The van der Waals surface area contributed by atoms with Gasteiger partial charge in [-0.1, -0.05) is 13.8 Å². The van der Waals surface area contributed by atoms with E-state index in [4.69, 9.17) is 9.47 Å². The molecule has 2 aliphatic rings. The molecule has 0 aliphatic carbocycles. The Morgan fingerprint density at radius 2 is 1.90 bits per heavy atom. The average Bonchev–Trinajstić information content (AvgIpc) is 2.72. The minimum absolute atomic E-state index is 0.0402. The van der Waals surface area contributed by atoms with Crippen molar-refractivity contribution in [3.8, 4) is 0 Å². The highest BCUT2D eigenvalue weighted by Crippen LogP contribution is 2.17. The molecular formula is C22H42N4O4. The highest BCUT2D eigenvalue weighted by molar-refractivity contribution is 5.79. The first kappa shape index (κ1) is 25.0. The summed E-state index contributed by atoms with van der Waals surface area (Å²) in [5, 5.41) is 6.03. The number of hydrogen-bond acceptors (Lipinski definition) is 6. The molecule has 30 heavy (non-hydrogen) atoms. The number of amides is 2. The van der Waals surface area contributed by atoms with E-state index in [0.29, 0.717) is 38.8 Å². The molecule has 0 radical (unpaired) electrons. The van der Waals surface area contributed by atoms with Crippen LogP contribution in [-0.2, 0) is 19.1 Å². The first-order valence-corrected chi connectivity index (χ1v) is 11.7. The Bertz CT molecular complexity index is 509. The summed E-state index contributed by atoms with van der Waals surface area (Å²) in [5.74, 6) is 0.867. The Morgan fingerprint density at radius 3 is 2.60 bits per heavy atom. The summed E-state index contributed by atoms with van der Waals surface area (Å²) >= 11 is 0. The van der Waals surface area contributed by atoms with Crippen molar-refractivity contribution >= 4 is 11.8 Å². The molecule has 2 fully saturated rings. The zero-order chi connectivity index (χ0) is 21.8. The number of rotatable bonds is 12. The van der Waals surface area contributed by atoms with Crippen LogP contribution in [0.1, 0.15) is 40.0 Å². The number of nitrogens with one attached hydrogen (secondary N) is 2. The predicted octanol–water partition coefficient (Wildman–Crippen LogP) is 0.714. The minimum Gasteiger partial charge on any atom is -0.382 e. The first-order chi connectivity index (χ1) is 14.5. The van der Waals surface area contributed by atoms with Gasteiger partial charge >= 0.3 is 0 Å². The molecule has 2 N–H and O–H groups in total. The van der Waals surface area contributed by atoms with Gasteiger partial charge in [-0.3, -0.25) is 19.4 Å². The van der Waals surface area contributed by atoms with E-state index in [1.165, 1.54) is 0 Å². The van der Waals surface area contributed by atoms with E-state index >= 15 is 0 Å². The molecule has 2 rings (SSSR count). The third-order valence-corrected chi connectivity index (χ3v) is 5.67. The zero-order valence-corrected chi connectivity index (χ0v) is 19.2. The molecule has 0 bridgehead atoms. The quantitative estimate of drug-likeness (QED) is 0.448. The van der Waals surface area contributed by atoms with Crippen molar-refractivity contribution in [1.82, 2.24) is 20.4 Å².